The molecule has 0 aromatic rings. The first-order valence-corrected chi connectivity index (χ1v) is 3.19. The van der Waals surface area contributed by atoms with Crippen LogP contribution in [0, 0.1) is 0 Å². The van der Waals surface area contributed by atoms with Crippen molar-refractivity contribution in [2.75, 3.05) is 5.75 Å². The molecule has 0 aromatic carbocycles. The van der Waals surface area contributed by atoms with E-state index >= 15 is 0 Å². The van der Waals surface area contributed by atoms with Gasteiger partial charge in [0.05, 0.1) is 10.0 Å². The van der Waals surface area contributed by atoms with Gasteiger partial charge in [-0.05, 0) is 0 Å². The van der Waals surface area contributed by atoms with Crippen LogP contribution < -0.4 is 51.4 Å². The van der Waals surface area contributed by atoms with Crippen LogP contribution >= 0.6 is 0 Å². The smallest absolute Gasteiger partial charge is 0.564 e. The first-order chi connectivity index (χ1) is 2.56. The van der Waals surface area contributed by atoms with E-state index in [2.05, 4.69) is 0 Å². The molecule has 0 spiro atoms. The SMILES string of the molecule is CCS([NH-])(=O)=O.[K+]. The van der Waals surface area contributed by atoms with Crippen molar-refractivity contribution < 1.29 is 59.8 Å². The number of sulfonamides is 1. The van der Waals surface area contributed by atoms with Crippen molar-refractivity contribution >= 4 is 10.0 Å². The number of nitrogens with one attached hydrogen (secondary N) is 1. The number of hydrogen-bond donors (Lipinski definition) is 0. The molecule has 1 N–H and O–H groups in total. The van der Waals surface area contributed by atoms with Crippen molar-refractivity contribution in [1.29, 1.82) is 0 Å². The standard InChI is InChI=1S/C2H6NO2S.K/c1-2-6(3,4)5;/h2H2,1H3,(H-,3,4,5);/q-1;+1. The molecule has 0 aliphatic heterocycles. The maximum atomic E-state index is 9.67. The normalized spacial score (nSPS) is 10.0. The third-order valence-corrected chi connectivity index (χ3v) is 1.14. The van der Waals surface area contributed by atoms with Gasteiger partial charge in [0.2, 0.25) is 0 Å². The quantitative estimate of drug-likeness (QED) is 0.382. The van der Waals surface area contributed by atoms with Crippen LogP contribution in [0.5, 0.6) is 0 Å². The van der Waals surface area contributed by atoms with E-state index in [-0.39, 0.29) is 57.1 Å². The molecular formula is C2H6KNO2S. The third-order valence-electron chi connectivity index (χ3n) is 0.380. The fourth-order valence-corrected chi connectivity index (χ4v) is 0. The molecule has 7 heavy (non-hydrogen) atoms. The molecule has 3 nitrogen and oxygen atoms in total. The van der Waals surface area contributed by atoms with Crippen LogP contribution in [0.15, 0.2) is 0 Å². The number of rotatable bonds is 1. The van der Waals surface area contributed by atoms with Crippen LogP contribution in [0.25, 0.3) is 5.14 Å². The Labute approximate surface area is 86.1 Å². The summed E-state index contributed by atoms with van der Waals surface area (Å²) in [6.07, 6.45) is 0. The predicted molar refractivity (Wildman–Crippen MR) is 23.8 cm³/mol. The van der Waals surface area contributed by atoms with Gasteiger partial charge in [0.25, 0.3) is 0 Å². The summed E-state index contributed by atoms with van der Waals surface area (Å²) in [6.45, 7) is 1.43. The van der Waals surface area contributed by atoms with Crippen molar-refractivity contribution in [1.82, 2.24) is 0 Å². The molecule has 0 unspecified atom stereocenters. The zero-order valence-corrected chi connectivity index (χ0v) is 8.37. The topological polar surface area (TPSA) is 57.9 Å². The van der Waals surface area contributed by atoms with Gasteiger partial charge in [0.1, 0.15) is 0 Å². The summed E-state index contributed by atoms with van der Waals surface area (Å²) in [6, 6.07) is 0. The van der Waals surface area contributed by atoms with Gasteiger partial charge in [-0.25, -0.2) is 8.42 Å². The zero-order valence-electron chi connectivity index (χ0n) is 4.43. The first-order valence-electron chi connectivity index (χ1n) is 1.53. The Morgan fingerprint density at radius 3 is 1.71 bits per heavy atom. The molecule has 0 aliphatic carbocycles. The van der Waals surface area contributed by atoms with Crippen LogP contribution in [-0.4, -0.2) is 14.2 Å². The molecule has 38 valence electrons. The Hall–Kier alpha value is 1.55. The van der Waals surface area contributed by atoms with Gasteiger partial charge in [-0.15, -0.1) is 0 Å². The molecule has 5 heteroatoms. The Morgan fingerprint density at radius 1 is 1.57 bits per heavy atom. The fourth-order valence-electron chi connectivity index (χ4n) is 0. The average Bonchev–Trinajstić information content (AvgIpc) is 1.35. The zero-order chi connectivity index (χ0) is 5.21. The van der Waals surface area contributed by atoms with E-state index in [0.29, 0.717) is 0 Å². The molecule has 0 aromatic heterocycles. The van der Waals surface area contributed by atoms with Crippen molar-refractivity contribution in [2.24, 2.45) is 0 Å². The van der Waals surface area contributed by atoms with Crippen LogP contribution in [0.4, 0.5) is 0 Å². The van der Waals surface area contributed by atoms with Gasteiger partial charge in [-0.2, -0.15) is 0 Å². The maximum Gasteiger partial charge on any atom is 1.00 e. The molecule has 0 heterocycles. The monoisotopic (exact) mass is 147 g/mol. The summed E-state index contributed by atoms with van der Waals surface area (Å²) in [7, 11) is -3.41. The Balaban J connectivity index is 0. The van der Waals surface area contributed by atoms with E-state index in [1.807, 2.05) is 0 Å². The summed E-state index contributed by atoms with van der Waals surface area (Å²) in [5, 5.41) is 6.15. The van der Waals surface area contributed by atoms with Gasteiger partial charge < -0.3 is 5.14 Å². The second kappa shape index (κ2) is 4.43. The van der Waals surface area contributed by atoms with E-state index in [0.717, 1.165) is 0 Å². The molecule has 0 atom stereocenters. The first kappa shape index (κ1) is 11.4. The second-order valence-corrected chi connectivity index (χ2v) is 2.71. The van der Waals surface area contributed by atoms with Crippen molar-refractivity contribution in [2.45, 2.75) is 6.92 Å². The predicted octanol–water partition coefficient (Wildman–Crippen LogP) is -2.61. The van der Waals surface area contributed by atoms with Gasteiger partial charge in [0, 0.05) is 5.75 Å². The van der Waals surface area contributed by atoms with Crippen molar-refractivity contribution in [3.05, 3.63) is 5.14 Å². The average molecular weight is 147 g/mol. The van der Waals surface area contributed by atoms with E-state index in [4.69, 9.17) is 5.14 Å². The van der Waals surface area contributed by atoms with Crippen LogP contribution in [-0.2, 0) is 10.0 Å². The second-order valence-electron chi connectivity index (χ2n) is 0.903. The van der Waals surface area contributed by atoms with E-state index in [9.17, 15) is 8.42 Å². The third kappa shape index (κ3) is 11.2. The minimum Gasteiger partial charge on any atom is -0.564 e. The summed E-state index contributed by atoms with van der Waals surface area (Å²) in [5.41, 5.74) is 0. The largest absolute Gasteiger partial charge is 1.00 e. The molecule has 0 radical (unpaired) electrons. The van der Waals surface area contributed by atoms with Crippen LogP contribution in [0.2, 0.25) is 0 Å². The summed E-state index contributed by atoms with van der Waals surface area (Å²) in [5.74, 6) is -0.0903. The minimum atomic E-state index is -3.41. The van der Waals surface area contributed by atoms with E-state index in [1.165, 1.54) is 6.92 Å². The molecule has 0 saturated heterocycles. The molecule has 0 bridgehead atoms. The molecule has 0 amide bonds. The van der Waals surface area contributed by atoms with E-state index < -0.39 is 10.0 Å². The van der Waals surface area contributed by atoms with Crippen LogP contribution in [0.3, 0.4) is 0 Å². The summed E-state index contributed by atoms with van der Waals surface area (Å²) in [4.78, 5) is 0. The Morgan fingerprint density at radius 2 is 1.71 bits per heavy atom. The van der Waals surface area contributed by atoms with Gasteiger partial charge in [-0.1, -0.05) is 6.92 Å². The minimum absolute atomic E-state index is 0. The fraction of sp³-hybridized carbons (Fsp3) is 1.00. The van der Waals surface area contributed by atoms with Gasteiger partial charge in [-0.3, -0.25) is 0 Å². The molecule has 0 fully saturated rings. The van der Waals surface area contributed by atoms with Crippen molar-refractivity contribution in [3.63, 3.8) is 0 Å². The van der Waals surface area contributed by atoms with Crippen LogP contribution in [0.1, 0.15) is 6.92 Å². The summed E-state index contributed by atoms with van der Waals surface area (Å²) < 4.78 is 19.3. The molecule has 0 saturated carbocycles. The van der Waals surface area contributed by atoms with Crippen molar-refractivity contribution in [3.8, 4) is 0 Å². The molecule has 0 rings (SSSR count). The summed E-state index contributed by atoms with van der Waals surface area (Å²) >= 11 is 0. The molecular weight excluding hydrogens is 141 g/mol. The number of hydrogen-bond acceptors (Lipinski definition) is 2. The Kier molecular flexibility index (Phi) is 7.18. The van der Waals surface area contributed by atoms with Gasteiger partial charge >= 0.3 is 51.4 Å². The van der Waals surface area contributed by atoms with Gasteiger partial charge in [0.15, 0.2) is 0 Å². The molecule has 0 aliphatic rings. The Bertz CT molecular complexity index is 118. The van der Waals surface area contributed by atoms with E-state index in [1.54, 1.807) is 0 Å². The maximum absolute atomic E-state index is 9.67.